The highest BCUT2D eigenvalue weighted by molar-refractivity contribution is 5.81. The zero-order valence-corrected chi connectivity index (χ0v) is 8.84. The smallest absolute Gasteiger partial charge is 0.419 e. The first kappa shape index (κ1) is 13.0. The van der Waals surface area contributed by atoms with Gasteiger partial charge >= 0.3 is 12.1 Å². The van der Waals surface area contributed by atoms with Crippen LogP contribution in [0.15, 0.2) is 12.2 Å². The van der Waals surface area contributed by atoms with Crippen molar-refractivity contribution < 1.29 is 27.4 Å². The van der Waals surface area contributed by atoms with Gasteiger partial charge in [-0.25, -0.2) is 4.79 Å². The molecule has 0 aromatic carbocycles. The molecule has 0 bridgehead atoms. The molecule has 1 aliphatic rings. The first-order valence-electron chi connectivity index (χ1n) is 4.91. The molecule has 0 saturated carbocycles. The highest BCUT2D eigenvalue weighted by Crippen LogP contribution is 2.46. The predicted molar refractivity (Wildman–Crippen MR) is 49.7 cm³/mol. The summed E-state index contributed by atoms with van der Waals surface area (Å²) in [5, 5.41) is 0. The maximum Gasteiger partial charge on any atom is 0.419 e. The number of halogens is 3. The Kier molecular flexibility index (Phi) is 3.96. The molecule has 1 atom stereocenters. The van der Waals surface area contributed by atoms with E-state index in [9.17, 15) is 18.0 Å². The average Bonchev–Trinajstić information content (AvgIpc) is 2.93. The first-order chi connectivity index (χ1) is 7.41. The number of ether oxygens (including phenoxy) is 2. The Morgan fingerprint density at radius 1 is 1.56 bits per heavy atom. The third-order valence-corrected chi connectivity index (χ3v) is 2.28. The molecule has 6 heteroatoms. The lowest BCUT2D eigenvalue weighted by Crippen LogP contribution is -2.33. The van der Waals surface area contributed by atoms with Gasteiger partial charge in [0.2, 0.25) is 0 Å². The average molecular weight is 238 g/mol. The maximum absolute atomic E-state index is 12.4. The van der Waals surface area contributed by atoms with Crippen LogP contribution in [0.1, 0.15) is 19.8 Å². The molecular formula is C10H13F3O3. The number of hydrogen-bond donors (Lipinski definition) is 0. The Balaban J connectivity index is 2.19. The number of carbonyl (C=O) groups excluding carboxylic acids is 1. The van der Waals surface area contributed by atoms with Gasteiger partial charge in [0, 0.05) is 6.08 Å². The van der Waals surface area contributed by atoms with E-state index in [0.29, 0.717) is 0 Å². The molecule has 0 radical (unpaired) electrons. The fraction of sp³-hybridized carbons (Fsp3) is 0.700. The summed E-state index contributed by atoms with van der Waals surface area (Å²) in [6.07, 6.45) is -1.64. The van der Waals surface area contributed by atoms with Crippen LogP contribution >= 0.6 is 0 Å². The number of rotatable bonds is 5. The molecule has 0 N–H and O–H groups in total. The molecule has 1 heterocycles. The number of hydrogen-bond acceptors (Lipinski definition) is 3. The lowest BCUT2D eigenvalue weighted by molar-refractivity contribution is -0.186. The van der Waals surface area contributed by atoms with E-state index in [2.05, 4.69) is 9.47 Å². The van der Waals surface area contributed by atoms with Crippen LogP contribution < -0.4 is 0 Å². The van der Waals surface area contributed by atoms with E-state index in [-0.39, 0.29) is 26.1 Å². The molecule has 1 aliphatic heterocycles. The second-order valence-corrected chi connectivity index (χ2v) is 3.55. The molecule has 0 aromatic rings. The van der Waals surface area contributed by atoms with Crippen LogP contribution in [0.4, 0.5) is 13.2 Å². The summed E-state index contributed by atoms with van der Waals surface area (Å²) in [7, 11) is 0. The number of allylic oxidation sites excluding steroid dienone is 1. The Labute approximate surface area is 91.2 Å². The molecule has 1 unspecified atom stereocenters. The summed E-state index contributed by atoms with van der Waals surface area (Å²) in [5.41, 5.74) is -1.99. The van der Waals surface area contributed by atoms with Crippen LogP contribution in [-0.4, -0.2) is 31.0 Å². The van der Waals surface area contributed by atoms with Gasteiger partial charge in [-0.2, -0.15) is 13.2 Å². The topological polar surface area (TPSA) is 38.8 Å². The fourth-order valence-corrected chi connectivity index (χ4v) is 1.25. The number of epoxide rings is 1. The SMILES string of the molecule is CC=CC(=O)OCCCC1(C(F)(F)F)CO1. The van der Waals surface area contributed by atoms with Gasteiger partial charge in [-0.1, -0.05) is 6.08 Å². The van der Waals surface area contributed by atoms with E-state index in [1.807, 2.05) is 0 Å². The van der Waals surface area contributed by atoms with Gasteiger partial charge in [-0.15, -0.1) is 0 Å². The quantitative estimate of drug-likeness (QED) is 0.319. The molecule has 1 fully saturated rings. The van der Waals surface area contributed by atoms with E-state index >= 15 is 0 Å². The molecule has 0 aliphatic carbocycles. The maximum atomic E-state index is 12.4. The molecule has 1 saturated heterocycles. The standard InChI is InChI=1S/C10H13F3O3/c1-2-4-8(14)15-6-3-5-9(7-16-9)10(11,12)13/h2,4H,3,5-7H2,1H3. The summed E-state index contributed by atoms with van der Waals surface area (Å²) in [6, 6.07) is 0. The van der Waals surface area contributed by atoms with Crippen molar-refractivity contribution in [2.45, 2.75) is 31.5 Å². The van der Waals surface area contributed by atoms with Crippen molar-refractivity contribution in [2.24, 2.45) is 0 Å². The molecule has 16 heavy (non-hydrogen) atoms. The summed E-state index contributed by atoms with van der Waals surface area (Å²) in [5.74, 6) is -0.541. The molecular weight excluding hydrogens is 225 g/mol. The lowest BCUT2D eigenvalue weighted by Gasteiger charge is -2.15. The number of carbonyl (C=O) groups is 1. The van der Waals surface area contributed by atoms with Crippen LogP contribution in [0.2, 0.25) is 0 Å². The summed E-state index contributed by atoms with van der Waals surface area (Å²) >= 11 is 0. The summed E-state index contributed by atoms with van der Waals surface area (Å²) < 4.78 is 46.2. The highest BCUT2D eigenvalue weighted by Gasteiger charge is 2.65. The molecule has 1 rings (SSSR count). The zero-order chi connectivity index (χ0) is 12.2. The second kappa shape index (κ2) is 4.86. The van der Waals surface area contributed by atoms with Crippen LogP contribution in [0.3, 0.4) is 0 Å². The van der Waals surface area contributed by atoms with Crippen LogP contribution in [-0.2, 0) is 14.3 Å². The highest BCUT2D eigenvalue weighted by atomic mass is 19.4. The van der Waals surface area contributed by atoms with Crippen molar-refractivity contribution in [1.29, 1.82) is 0 Å². The minimum absolute atomic E-state index is 0.0234. The van der Waals surface area contributed by atoms with Crippen molar-refractivity contribution in [3.8, 4) is 0 Å². The van der Waals surface area contributed by atoms with Gasteiger partial charge in [-0.3, -0.25) is 0 Å². The first-order valence-corrected chi connectivity index (χ1v) is 4.91. The normalized spacial score (nSPS) is 24.8. The van der Waals surface area contributed by atoms with Crippen LogP contribution in [0, 0.1) is 0 Å². The third kappa shape index (κ3) is 3.23. The monoisotopic (exact) mass is 238 g/mol. The van der Waals surface area contributed by atoms with Gasteiger partial charge in [-0.05, 0) is 19.8 Å². The fourth-order valence-electron chi connectivity index (χ4n) is 1.25. The largest absolute Gasteiger partial charge is 0.463 e. The number of alkyl halides is 3. The van der Waals surface area contributed by atoms with E-state index < -0.39 is 17.7 Å². The molecule has 0 amide bonds. The molecule has 3 nitrogen and oxygen atoms in total. The summed E-state index contributed by atoms with van der Waals surface area (Å²) in [4.78, 5) is 10.8. The Morgan fingerprint density at radius 3 is 2.62 bits per heavy atom. The van der Waals surface area contributed by atoms with Crippen molar-refractivity contribution in [1.82, 2.24) is 0 Å². The number of esters is 1. The van der Waals surface area contributed by atoms with Crippen molar-refractivity contribution >= 4 is 5.97 Å². The summed E-state index contributed by atoms with van der Waals surface area (Å²) in [6.45, 7) is 1.33. The molecule has 92 valence electrons. The van der Waals surface area contributed by atoms with E-state index in [1.54, 1.807) is 6.92 Å². The van der Waals surface area contributed by atoms with Crippen molar-refractivity contribution in [3.05, 3.63) is 12.2 Å². The minimum Gasteiger partial charge on any atom is -0.463 e. The van der Waals surface area contributed by atoms with Gasteiger partial charge in [0.1, 0.15) is 0 Å². The molecule has 0 spiro atoms. The van der Waals surface area contributed by atoms with Gasteiger partial charge in [0.05, 0.1) is 13.2 Å². The Bertz CT molecular complexity index is 280. The van der Waals surface area contributed by atoms with Crippen LogP contribution in [0.25, 0.3) is 0 Å². The predicted octanol–water partition coefficient (Wildman–Crippen LogP) is 2.22. The van der Waals surface area contributed by atoms with E-state index in [0.717, 1.165) is 0 Å². The van der Waals surface area contributed by atoms with Crippen molar-refractivity contribution in [3.63, 3.8) is 0 Å². The van der Waals surface area contributed by atoms with E-state index in [4.69, 9.17) is 0 Å². The van der Waals surface area contributed by atoms with Crippen LogP contribution in [0.5, 0.6) is 0 Å². The van der Waals surface area contributed by atoms with Gasteiger partial charge in [0.25, 0.3) is 0 Å². The van der Waals surface area contributed by atoms with Crippen molar-refractivity contribution in [2.75, 3.05) is 13.2 Å². The van der Waals surface area contributed by atoms with E-state index in [1.165, 1.54) is 12.2 Å². The Morgan fingerprint density at radius 2 is 2.19 bits per heavy atom. The molecule has 0 aromatic heterocycles. The third-order valence-electron chi connectivity index (χ3n) is 2.28. The minimum atomic E-state index is -4.33. The zero-order valence-electron chi connectivity index (χ0n) is 8.84. The van der Waals surface area contributed by atoms with Gasteiger partial charge in [0.15, 0.2) is 5.60 Å². The van der Waals surface area contributed by atoms with Gasteiger partial charge < -0.3 is 9.47 Å². The lowest BCUT2D eigenvalue weighted by atomic mass is 10.0. The second-order valence-electron chi connectivity index (χ2n) is 3.55. The Hall–Kier alpha value is -1.04.